The van der Waals surface area contributed by atoms with E-state index in [1.807, 2.05) is 48.5 Å². The summed E-state index contributed by atoms with van der Waals surface area (Å²) < 4.78 is 26.5. The Morgan fingerprint density at radius 1 is 1.00 bits per heavy atom. The van der Waals surface area contributed by atoms with Crippen LogP contribution in [0.5, 0.6) is 0 Å². The van der Waals surface area contributed by atoms with Crippen molar-refractivity contribution < 1.29 is 18.0 Å². The lowest BCUT2D eigenvalue weighted by Gasteiger charge is -2.27. The van der Waals surface area contributed by atoms with Crippen LogP contribution in [-0.2, 0) is 32.4 Å². The quantitative estimate of drug-likeness (QED) is 0.304. The van der Waals surface area contributed by atoms with Crippen molar-refractivity contribution in [2.45, 2.75) is 55.8 Å². The van der Waals surface area contributed by atoms with Crippen LogP contribution in [0.2, 0.25) is 0 Å². The van der Waals surface area contributed by atoms with E-state index in [2.05, 4.69) is 15.6 Å². The molecule has 2 amide bonds. The summed E-state index contributed by atoms with van der Waals surface area (Å²) in [5.74, 6) is 0.0398. The van der Waals surface area contributed by atoms with Gasteiger partial charge in [-0.2, -0.15) is 0 Å². The van der Waals surface area contributed by atoms with Gasteiger partial charge in [-0.1, -0.05) is 24.3 Å². The van der Waals surface area contributed by atoms with Crippen LogP contribution >= 0.6 is 0 Å². The Bertz CT molecular complexity index is 1750. The standard InChI is InChI=1S/C32H35N5O4S/c1-20(2)42(40,41)28-14-12-25-18-24(28)19-37(3)32(39)30(22-9-7-21(8-10-22)5-4-6-29(38)35-25)36-26-11-13-27-23(17-26)15-16-34-31(27)33/h7-18,20,30,36H,4-6,19H2,1-3H3,(H2,33,34)(H,35,38). The van der Waals surface area contributed by atoms with Gasteiger partial charge in [-0.15, -0.1) is 0 Å². The van der Waals surface area contributed by atoms with E-state index in [1.54, 1.807) is 39.2 Å². The van der Waals surface area contributed by atoms with Crippen LogP contribution < -0.4 is 16.4 Å². The highest BCUT2D eigenvalue weighted by atomic mass is 32.2. The molecule has 4 N–H and O–H groups in total. The van der Waals surface area contributed by atoms with Crippen molar-refractivity contribution in [3.05, 3.63) is 89.6 Å². The summed E-state index contributed by atoms with van der Waals surface area (Å²) in [6, 6.07) is 19.3. The van der Waals surface area contributed by atoms with Gasteiger partial charge in [0.2, 0.25) is 11.8 Å². The second-order valence-electron chi connectivity index (χ2n) is 11.0. The lowest BCUT2D eigenvalue weighted by molar-refractivity contribution is -0.131. The highest BCUT2D eigenvalue weighted by molar-refractivity contribution is 7.92. The molecule has 0 saturated carbocycles. The minimum atomic E-state index is -3.65. The van der Waals surface area contributed by atoms with Gasteiger partial charge in [0.1, 0.15) is 11.9 Å². The molecule has 0 spiro atoms. The predicted octanol–water partition coefficient (Wildman–Crippen LogP) is 5.09. The van der Waals surface area contributed by atoms with E-state index in [0.29, 0.717) is 36.3 Å². The Hall–Kier alpha value is -4.44. The predicted molar refractivity (Wildman–Crippen MR) is 166 cm³/mol. The van der Waals surface area contributed by atoms with Gasteiger partial charge in [-0.25, -0.2) is 13.4 Å². The summed E-state index contributed by atoms with van der Waals surface area (Å²) in [6.45, 7) is 3.28. The number of aryl methyl sites for hydroxylation is 1. The largest absolute Gasteiger partial charge is 0.383 e. The zero-order valence-corrected chi connectivity index (χ0v) is 24.7. The zero-order valence-electron chi connectivity index (χ0n) is 23.9. The third kappa shape index (κ3) is 6.08. The average molecular weight is 586 g/mol. The third-order valence-electron chi connectivity index (χ3n) is 7.59. The number of aromatic nitrogens is 1. The molecule has 218 valence electrons. The number of sulfone groups is 1. The SMILES string of the molecule is CC(C)S(=O)(=O)c1ccc2cc1CN(C)C(=O)C(Nc1ccc3c(N)nccc3c1)c1ccc(cc1)CCCC(=O)N2. The number of carbonyl (C=O) groups excluding carboxylic acids is 2. The molecule has 0 saturated heterocycles. The Morgan fingerprint density at radius 2 is 1.76 bits per heavy atom. The summed E-state index contributed by atoms with van der Waals surface area (Å²) in [5, 5.41) is 7.34. The molecule has 0 radical (unpaired) electrons. The maximum absolute atomic E-state index is 14.1. The van der Waals surface area contributed by atoms with Crippen molar-refractivity contribution in [2.24, 2.45) is 0 Å². The second kappa shape index (κ2) is 11.8. The molecule has 10 heteroatoms. The van der Waals surface area contributed by atoms with Crippen LogP contribution in [0.4, 0.5) is 17.2 Å². The number of hydrogen-bond donors (Lipinski definition) is 3. The van der Waals surface area contributed by atoms with E-state index < -0.39 is 21.1 Å². The van der Waals surface area contributed by atoms with E-state index in [9.17, 15) is 18.0 Å². The van der Waals surface area contributed by atoms with Crippen LogP contribution in [-0.4, -0.2) is 42.4 Å². The van der Waals surface area contributed by atoms with Gasteiger partial charge in [0.25, 0.3) is 0 Å². The van der Waals surface area contributed by atoms with Crippen LogP contribution in [0.15, 0.2) is 77.8 Å². The summed E-state index contributed by atoms with van der Waals surface area (Å²) in [5.41, 5.74) is 9.52. The van der Waals surface area contributed by atoms with E-state index in [-0.39, 0.29) is 23.3 Å². The van der Waals surface area contributed by atoms with Crippen molar-refractivity contribution >= 4 is 49.6 Å². The maximum atomic E-state index is 14.1. The number of nitrogens with two attached hydrogens (primary N) is 1. The summed E-state index contributed by atoms with van der Waals surface area (Å²) in [7, 11) is -2.00. The molecule has 2 aliphatic heterocycles. The highest BCUT2D eigenvalue weighted by Crippen LogP contribution is 2.30. The molecule has 9 nitrogen and oxygen atoms in total. The van der Waals surface area contributed by atoms with Crippen molar-refractivity contribution in [1.82, 2.24) is 9.88 Å². The van der Waals surface area contributed by atoms with Gasteiger partial charge in [0.15, 0.2) is 9.84 Å². The minimum Gasteiger partial charge on any atom is -0.383 e. The van der Waals surface area contributed by atoms with Crippen LogP contribution in [0.1, 0.15) is 49.4 Å². The van der Waals surface area contributed by atoms with Crippen LogP contribution in [0, 0.1) is 0 Å². The molecule has 3 aromatic carbocycles. The molecule has 6 rings (SSSR count). The van der Waals surface area contributed by atoms with E-state index in [1.165, 1.54) is 11.0 Å². The molecule has 1 aromatic heterocycles. The maximum Gasteiger partial charge on any atom is 0.249 e. The van der Waals surface area contributed by atoms with E-state index >= 15 is 0 Å². The smallest absolute Gasteiger partial charge is 0.249 e. The normalized spacial score (nSPS) is 16.6. The van der Waals surface area contributed by atoms with Gasteiger partial charge < -0.3 is 21.3 Å². The molecule has 4 bridgehead atoms. The number of carbonyl (C=O) groups is 2. The lowest BCUT2D eigenvalue weighted by Crippen LogP contribution is -2.35. The number of rotatable bonds is 4. The first-order valence-corrected chi connectivity index (χ1v) is 15.5. The number of nitrogens with one attached hydrogen (secondary N) is 2. The second-order valence-corrected chi connectivity index (χ2v) is 13.4. The highest BCUT2D eigenvalue weighted by Gasteiger charge is 2.28. The van der Waals surface area contributed by atoms with E-state index in [0.717, 1.165) is 27.6 Å². The number of nitrogens with zero attached hydrogens (tertiary/aromatic N) is 2. The molecule has 3 heterocycles. The van der Waals surface area contributed by atoms with Crippen LogP contribution in [0.25, 0.3) is 10.8 Å². The molecule has 0 fully saturated rings. The number of pyridine rings is 1. The fourth-order valence-corrected chi connectivity index (χ4v) is 6.42. The number of benzene rings is 3. The fourth-order valence-electron chi connectivity index (χ4n) is 5.16. The van der Waals surface area contributed by atoms with Gasteiger partial charge in [-0.3, -0.25) is 9.59 Å². The molecule has 42 heavy (non-hydrogen) atoms. The van der Waals surface area contributed by atoms with Crippen LogP contribution in [0.3, 0.4) is 0 Å². The first-order valence-electron chi connectivity index (χ1n) is 13.9. The first-order chi connectivity index (χ1) is 20.0. The molecule has 1 atom stereocenters. The Kier molecular flexibility index (Phi) is 8.17. The van der Waals surface area contributed by atoms with Crippen molar-refractivity contribution in [2.75, 3.05) is 23.4 Å². The molecule has 0 aliphatic carbocycles. The van der Waals surface area contributed by atoms with Gasteiger partial charge in [-0.05, 0) is 91.2 Å². The monoisotopic (exact) mass is 585 g/mol. The van der Waals surface area contributed by atoms with Gasteiger partial charge >= 0.3 is 0 Å². The summed E-state index contributed by atoms with van der Waals surface area (Å²) in [6.07, 6.45) is 3.32. The Balaban J connectivity index is 1.56. The molecular formula is C32H35N5O4S. The van der Waals surface area contributed by atoms with Crippen molar-refractivity contribution in [3.63, 3.8) is 0 Å². The number of hydrogen-bond acceptors (Lipinski definition) is 7. The molecule has 4 aromatic rings. The van der Waals surface area contributed by atoms with Gasteiger partial charge in [0, 0.05) is 43.0 Å². The minimum absolute atomic E-state index is 0.0278. The van der Waals surface area contributed by atoms with Crippen molar-refractivity contribution in [1.29, 1.82) is 0 Å². The lowest BCUT2D eigenvalue weighted by atomic mass is 10.00. The number of likely N-dealkylation sites (N-methyl/N-ethyl adjacent to an activating group) is 1. The molecular weight excluding hydrogens is 550 g/mol. The topological polar surface area (TPSA) is 134 Å². The number of fused-ring (bicyclic) bond motifs is 10. The van der Waals surface area contributed by atoms with Crippen molar-refractivity contribution in [3.8, 4) is 0 Å². The summed E-state index contributed by atoms with van der Waals surface area (Å²) >= 11 is 0. The zero-order chi connectivity index (χ0) is 30.0. The summed E-state index contributed by atoms with van der Waals surface area (Å²) in [4.78, 5) is 32.6. The number of amides is 2. The first kappa shape index (κ1) is 29.1. The third-order valence-corrected chi connectivity index (χ3v) is 9.84. The Labute approximate surface area is 246 Å². The fraction of sp³-hybridized carbons (Fsp3) is 0.281. The number of anilines is 3. The Morgan fingerprint density at radius 3 is 2.50 bits per heavy atom. The molecule has 2 aliphatic rings. The molecule has 1 unspecified atom stereocenters. The van der Waals surface area contributed by atoms with Gasteiger partial charge in [0.05, 0.1) is 10.1 Å². The van der Waals surface area contributed by atoms with E-state index in [4.69, 9.17) is 5.73 Å². The number of nitrogen functional groups attached to an aromatic ring is 1. The average Bonchev–Trinajstić information content (AvgIpc) is 2.95.